The van der Waals surface area contributed by atoms with Gasteiger partial charge in [-0.3, -0.25) is 4.79 Å². The number of aromatic nitrogens is 1. The zero-order valence-corrected chi connectivity index (χ0v) is 14.5. The average molecular weight is 354 g/mol. The number of methoxy groups -OCH3 is 1. The first-order chi connectivity index (χ1) is 12.5. The Labute approximate surface area is 150 Å². The molecule has 1 amide bonds. The average Bonchev–Trinajstić information content (AvgIpc) is 2.99. The molecule has 0 aliphatic rings. The molecule has 0 spiro atoms. The lowest BCUT2D eigenvalue weighted by Gasteiger charge is -2.16. The first kappa shape index (κ1) is 17.7. The van der Waals surface area contributed by atoms with E-state index in [1.165, 1.54) is 26.2 Å². The van der Waals surface area contributed by atoms with Gasteiger partial charge in [0.15, 0.2) is 0 Å². The van der Waals surface area contributed by atoms with E-state index in [0.717, 1.165) is 27.7 Å². The van der Waals surface area contributed by atoms with Gasteiger partial charge in [-0.15, -0.1) is 0 Å². The molecule has 0 aliphatic heterocycles. The Morgan fingerprint density at radius 2 is 1.85 bits per heavy atom. The van der Waals surface area contributed by atoms with Gasteiger partial charge >= 0.3 is 5.97 Å². The number of benzene rings is 2. The molecule has 3 aromatic rings. The Morgan fingerprint density at radius 3 is 2.50 bits per heavy atom. The number of halogens is 1. The standard InChI is InChI=1S/C20H19FN2O3/c1-12(24)22-18(20(25)26-2)11-16-15-5-3-4-6-17(15)23-19(16)13-7-9-14(21)10-8-13/h3-10,18,23H,11H2,1-2H3,(H,22,24)/t18-/m0/s1. The maximum absolute atomic E-state index is 13.3. The maximum atomic E-state index is 13.3. The number of amides is 1. The van der Waals surface area contributed by atoms with E-state index in [0.29, 0.717) is 0 Å². The third-order valence-corrected chi connectivity index (χ3v) is 4.22. The van der Waals surface area contributed by atoms with Crippen molar-refractivity contribution in [2.75, 3.05) is 7.11 Å². The van der Waals surface area contributed by atoms with Gasteiger partial charge in [-0.25, -0.2) is 9.18 Å². The number of hydrogen-bond acceptors (Lipinski definition) is 3. The molecule has 2 aromatic carbocycles. The summed E-state index contributed by atoms with van der Waals surface area (Å²) >= 11 is 0. The van der Waals surface area contributed by atoms with Gasteiger partial charge < -0.3 is 15.0 Å². The van der Waals surface area contributed by atoms with Crippen molar-refractivity contribution in [1.82, 2.24) is 10.3 Å². The maximum Gasteiger partial charge on any atom is 0.328 e. The van der Waals surface area contributed by atoms with Gasteiger partial charge in [-0.2, -0.15) is 0 Å². The van der Waals surface area contributed by atoms with Gasteiger partial charge in [0.25, 0.3) is 0 Å². The Hall–Kier alpha value is -3.15. The number of fused-ring (bicyclic) bond motifs is 1. The minimum atomic E-state index is -0.809. The van der Waals surface area contributed by atoms with Crippen LogP contribution < -0.4 is 5.32 Å². The molecule has 0 radical (unpaired) electrons. The highest BCUT2D eigenvalue weighted by molar-refractivity contribution is 5.92. The Morgan fingerprint density at radius 1 is 1.15 bits per heavy atom. The smallest absolute Gasteiger partial charge is 0.328 e. The summed E-state index contributed by atoms with van der Waals surface area (Å²) in [4.78, 5) is 26.9. The van der Waals surface area contributed by atoms with E-state index in [4.69, 9.17) is 4.74 Å². The normalized spacial score (nSPS) is 12.0. The molecule has 2 N–H and O–H groups in total. The summed E-state index contributed by atoms with van der Waals surface area (Å²) in [6.45, 7) is 1.35. The second-order valence-corrected chi connectivity index (χ2v) is 6.01. The van der Waals surface area contributed by atoms with Crippen LogP contribution in [0.1, 0.15) is 12.5 Å². The number of ether oxygens (including phenoxy) is 1. The highest BCUT2D eigenvalue weighted by Gasteiger charge is 2.24. The fourth-order valence-electron chi connectivity index (χ4n) is 3.06. The summed E-state index contributed by atoms with van der Waals surface area (Å²) < 4.78 is 18.1. The number of rotatable bonds is 5. The van der Waals surface area contributed by atoms with Crippen LogP contribution in [0.2, 0.25) is 0 Å². The molecule has 0 bridgehead atoms. The van der Waals surface area contributed by atoms with Gasteiger partial charge in [0.05, 0.1) is 7.11 Å². The predicted octanol–water partition coefficient (Wildman–Crippen LogP) is 3.19. The summed E-state index contributed by atoms with van der Waals surface area (Å²) in [5, 5.41) is 3.57. The summed E-state index contributed by atoms with van der Waals surface area (Å²) in [5.74, 6) is -1.16. The fourth-order valence-corrected chi connectivity index (χ4v) is 3.06. The molecule has 0 saturated heterocycles. The van der Waals surface area contributed by atoms with Crippen LogP contribution >= 0.6 is 0 Å². The number of para-hydroxylation sites is 1. The summed E-state index contributed by atoms with van der Waals surface area (Å²) in [6.07, 6.45) is 0.253. The lowest BCUT2D eigenvalue weighted by Crippen LogP contribution is -2.42. The number of aromatic amines is 1. The number of carbonyl (C=O) groups is 2. The molecule has 1 aromatic heterocycles. The molecule has 0 unspecified atom stereocenters. The van der Waals surface area contributed by atoms with Crippen LogP contribution in [-0.2, 0) is 20.7 Å². The van der Waals surface area contributed by atoms with Crippen LogP contribution in [0.15, 0.2) is 48.5 Å². The third-order valence-electron chi connectivity index (χ3n) is 4.22. The topological polar surface area (TPSA) is 71.2 Å². The molecule has 5 nitrogen and oxygen atoms in total. The minimum absolute atomic E-state index is 0.253. The molecule has 0 saturated carbocycles. The van der Waals surface area contributed by atoms with Crippen LogP contribution in [0.5, 0.6) is 0 Å². The van der Waals surface area contributed by atoms with Crippen molar-refractivity contribution in [2.45, 2.75) is 19.4 Å². The molecule has 0 aliphatic carbocycles. The molecule has 0 fully saturated rings. The van der Waals surface area contributed by atoms with Crippen molar-refractivity contribution in [3.05, 3.63) is 59.9 Å². The summed E-state index contributed by atoms with van der Waals surface area (Å²) in [7, 11) is 1.28. The van der Waals surface area contributed by atoms with E-state index in [2.05, 4.69) is 10.3 Å². The molecule has 6 heteroatoms. The SMILES string of the molecule is COC(=O)[C@H](Cc1c(-c2ccc(F)cc2)[nH]c2ccccc12)NC(C)=O. The number of hydrogen-bond donors (Lipinski definition) is 2. The quantitative estimate of drug-likeness (QED) is 0.691. The summed E-state index contributed by atoms with van der Waals surface area (Å²) in [5.41, 5.74) is 3.33. The molecule has 1 atom stereocenters. The molecular formula is C20H19FN2O3. The Kier molecular flexibility index (Phi) is 5.02. The van der Waals surface area contributed by atoms with Crippen LogP contribution in [0.4, 0.5) is 4.39 Å². The first-order valence-electron chi connectivity index (χ1n) is 8.20. The van der Waals surface area contributed by atoms with Crippen LogP contribution in [0.25, 0.3) is 22.2 Å². The van der Waals surface area contributed by atoms with Gasteiger partial charge in [-0.05, 0) is 41.5 Å². The third kappa shape index (κ3) is 3.59. The highest BCUT2D eigenvalue weighted by atomic mass is 19.1. The summed E-state index contributed by atoms with van der Waals surface area (Å²) in [6, 6.07) is 13.0. The van der Waals surface area contributed by atoms with E-state index < -0.39 is 12.0 Å². The molecular weight excluding hydrogens is 335 g/mol. The molecule has 3 rings (SSSR count). The van der Waals surface area contributed by atoms with Crippen molar-refractivity contribution in [1.29, 1.82) is 0 Å². The second-order valence-electron chi connectivity index (χ2n) is 6.01. The first-order valence-corrected chi connectivity index (χ1v) is 8.20. The number of esters is 1. The molecule has 134 valence electrons. The van der Waals surface area contributed by atoms with E-state index >= 15 is 0 Å². The number of carbonyl (C=O) groups excluding carboxylic acids is 2. The minimum Gasteiger partial charge on any atom is -0.467 e. The Bertz CT molecular complexity index is 947. The predicted molar refractivity (Wildman–Crippen MR) is 97.0 cm³/mol. The van der Waals surface area contributed by atoms with Crippen LogP contribution in [0.3, 0.4) is 0 Å². The zero-order valence-electron chi connectivity index (χ0n) is 14.5. The van der Waals surface area contributed by atoms with E-state index in [-0.39, 0.29) is 18.1 Å². The Balaban J connectivity index is 2.10. The molecule has 26 heavy (non-hydrogen) atoms. The van der Waals surface area contributed by atoms with Crippen LogP contribution in [-0.4, -0.2) is 30.0 Å². The number of nitrogens with one attached hydrogen (secondary N) is 2. The monoisotopic (exact) mass is 354 g/mol. The highest BCUT2D eigenvalue weighted by Crippen LogP contribution is 2.31. The molecule has 1 heterocycles. The van der Waals surface area contributed by atoms with Gasteiger partial charge in [0.2, 0.25) is 5.91 Å². The fraction of sp³-hybridized carbons (Fsp3) is 0.200. The number of H-pyrrole nitrogens is 1. The lowest BCUT2D eigenvalue weighted by atomic mass is 9.98. The van der Waals surface area contributed by atoms with Gasteiger partial charge in [0, 0.05) is 29.9 Å². The second kappa shape index (κ2) is 7.39. The van der Waals surface area contributed by atoms with Gasteiger partial charge in [-0.1, -0.05) is 18.2 Å². The zero-order chi connectivity index (χ0) is 18.7. The largest absolute Gasteiger partial charge is 0.467 e. The van der Waals surface area contributed by atoms with E-state index in [1.807, 2.05) is 24.3 Å². The van der Waals surface area contributed by atoms with E-state index in [9.17, 15) is 14.0 Å². The van der Waals surface area contributed by atoms with Crippen molar-refractivity contribution in [3.63, 3.8) is 0 Å². The van der Waals surface area contributed by atoms with Crippen molar-refractivity contribution in [3.8, 4) is 11.3 Å². The van der Waals surface area contributed by atoms with Gasteiger partial charge in [0.1, 0.15) is 11.9 Å². The lowest BCUT2D eigenvalue weighted by molar-refractivity contribution is -0.144. The van der Waals surface area contributed by atoms with Crippen molar-refractivity contribution in [2.24, 2.45) is 0 Å². The van der Waals surface area contributed by atoms with Crippen molar-refractivity contribution < 1.29 is 18.7 Å². The van der Waals surface area contributed by atoms with Crippen molar-refractivity contribution >= 4 is 22.8 Å². The van der Waals surface area contributed by atoms with E-state index in [1.54, 1.807) is 12.1 Å². The van der Waals surface area contributed by atoms with Crippen LogP contribution in [0, 0.1) is 5.82 Å².